The van der Waals surface area contributed by atoms with Gasteiger partial charge in [0.1, 0.15) is 0 Å². The van der Waals surface area contributed by atoms with Gasteiger partial charge in [0.15, 0.2) is 17.1 Å². The van der Waals surface area contributed by atoms with Crippen molar-refractivity contribution in [3.8, 4) is 0 Å². The third-order valence-corrected chi connectivity index (χ3v) is 1.92. The van der Waals surface area contributed by atoms with Crippen LogP contribution in [-0.2, 0) is 0 Å². The van der Waals surface area contributed by atoms with E-state index in [1.165, 1.54) is 6.33 Å². The molecule has 0 atom stereocenters. The molecule has 2 rings (SSSR count). The molecular weight excluding hydrogens is 174 g/mol. The number of H-pyrrole nitrogens is 1. The Kier molecular flexibility index (Phi) is 1.28. The fraction of sp³-hybridized carbons (Fsp3) is 0. The molecule has 0 aromatic carbocycles. The molecule has 0 bridgehead atoms. The highest BCUT2D eigenvalue weighted by molar-refractivity contribution is 6.08. The highest BCUT2D eigenvalue weighted by Crippen LogP contribution is 2.00. The standard InChI is InChI=1S/C5H4N5OSi/c6-5-9-3-2(7-1-8-3)4(11)10(5)12/h1H,(H2,6,9)(H,7,8). The Bertz CT molecular complexity index is 486. The number of nitrogens with two attached hydrogens (primary N) is 1. The van der Waals surface area contributed by atoms with Gasteiger partial charge in [-0.1, -0.05) is 0 Å². The largest absolute Gasteiger partial charge is 0.370 e. The maximum atomic E-state index is 11.3. The number of nitrogen functional groups attached to an aromatic ring is 1. The molecule has 0 aliphatic heterocycles. The molecule has 59 valence electrons. The van der Waals surface area contributed by atoms with E-state index in [2.05, 4.69) is 25.4 Å². The summed E-state index contributed by atoms with van der Waals surface area (Å²) in [5.74, 6) is 0.0799. The van der Waals surface area contributed by atoms with E-state index in [0.717, 1.165) is 4.23 Å². The van der Waals surface area contributed by atoms with Crippen LogP contribution in [0, 0.1) is 0 Å². The smallest absolute Gasteiger partial charge is 0.272 e. The topological polar surface area (TPSA) is 89.6 Å². The minimum atomic E-state index is -0.299. The molecule has 12 heavy (non-hydrogen) atoms. The van der Waals surface area contributed by atoms with Gasteiger partial charge >= 0.3 is 0 Å². The molecule has 0 saturated heterocycles. The summed E-state index contributed by atoms with van der Waals surface area (Å²) in [7, 11) is 3.01. The van der Waals surface area contributed by atoms with E-state index < -0.39 is 0 Å². The zero-order valence-corrected chi connectivity index (χ0v) is 6.90. The van der Waals surface area contributed by atoms with E-state index in [0.29, 0.717) is 11.2 Å². The summed E-state index contributed by atoms with van der Waals surface area (Å²) in [5, 5.41) is 0. The van der Waals surface area contributed by atoms with Crippen LogP contribution in [0.4, 0.5) is 5.95 Å². The fourth-order valence-electron chi connectivity index (χ4n) is 0.904. The maximum absolute atomic E-state index is 11.3. The third-order valence-electron chi connectivity index (χ3n) is 1.49. The van der Waals surface area contributed by atoms with E-state index in [4.69, 9.17) is 5.73 Å². The molecule has 2 aromatic rings. The molecule has 0 spiro atoms. The van der Waals surface area contributed by atoms with Gasteiger partial charge in [-0.3, -0.25) is 4.79 Å². The highest BCUT2D eigenvalue weighted by Gasteiger charge is 2.06. The maximum Gasteiger partial charge on any atom is 0.272 e. The molecule has 0 aliphatic carbocycles. The van der Waals surface area contributed by atoms with E-state index in [-0.39, 0.29) is 11.5 Å². The number of anilines is 1. The summed E-state index contributed by atoms with van der Waals surface area (Å²) in [6, 6.07) is 0. The second kappa shape index (κ2) is 2.17. The molecule has 3 N–H and O–H groups in total. The Hall–Kier alpha value is -1.63. The van der Waals surface area contributed by atoms with Crippen molar-refractivity contribution in [2.45, 2.75) is 0 Å². The first-order valence-electron chi connectivity index (χ1n) is 3.13. The summed E-state index contributed by atoms with van der Waals surface area (Å²) in [4.78, 5) is 21.6. The van der Waals surface area contributed by atoms with E-state index >= 15 is 0 Å². The van der Waals surface area contributed by atoms with Crippen LogP contribution in [0.3, 0.4) is 0 Å². The lowest BCUT2D eigenvalue weighted by Crippen LogP contribution is -2.22. The average Bonchev–Trinajstić information content (AvgIpc) is 2.48. The minimum absolute atomic E-state index is 0.0799. The summed E-state index contributed by atoms with van der Waals surface area (Å²) < 4.78 is 1.07. The van der Waals surface area contributed by atoms with Crippen LogP contribution in [0.5, 0.6) is 0 Å². The molecule has 2 heterocycles. The first kappa shape index (κ1) is 7.04. The number of fused-ring (bicyclic) bond motifs is 1. The molecule has 0 fully saturated rings. The van der Waals surface area contributed by atoms with Crippen LogP contribution >= 0.6 is 0 Å². The lowest BCUT2D eigenvalue weighted by molar-refractivity contribution is 1.09. The van der Waals surface area contributed by atoms with Crippen LogP contribution in [-0.4, -0.2) is 29.6 Å². The monoisotopic (exact) mass is 178 g/mol. The number of hydrogen-bond donors (Lipinski definition) is 2. The molecule has 0 unspecified atom stereocenters. The van der Waals surface area contributed by atoms with Crippen molar-refractivity contribution in [1.82, 2.24) is 19.2 Å². The van der Waals surface area contributed by atoms with Crippen LogP contribution in [0.1, 0.15) is 0 Å². The summed E-state index contributed by atoms with van der Waals surface area (Å²) in [5.41, 5.74) is 5.75. The number of aromatic amines is 1. The molecule has 7 heteroatoms. The Morgan fingerprint density at radius 3 is 3.17 bits per heavy atom. The number of rotatable bonds is 0. The van der Waals surface area contributed by atoms with Gasteiger partial charge in [-0.25, -0.2) is 4.98 Å². The second-order valence-corrected chi connectivity index (χ2v) is 2.66. The number of nitrogens with zero attached hydrogens (tertiary/aromatic N) is 3. The van der Waals surface area contributed by atoms with Gasteiger partial charge in [0.25, 0.3) is 5.56 Å². The Morgan fingerprint density at radius 2 is 2.42 bits per heavy atom. The predicted octanol–water partition coefficient (Wildman–Crippen LogP) is -1.37. The Labute approximate surface area is 69.9 Å². The number of nitrogens with one attached hydrogen (secondary N) is 1. The van der Waals surface area contributed by atoms with Gasteiger partial charge in [-0.05, 0) is 0 Å². The summed E-state index contributed by atoms with van der Waals surface area (Å²) >= 11 is 0. The van der Waals surface area contributed by atoms with Crippen molar-refractivity contribution in [3.63, 3.8) is 0 Å². The molecular formula is C5H4N5OSi. The predicted molar refractivity (Wildman–Crippen MR) is 43.7 cm³/mol. The fourth-order valence-corrected chi connectivity index (χ4v) is 1.07. The SMILES string of the molecule is Nc1nc2nc[nH]c2c(=O)n1[Si]. The minimum Gasteiger partial charge on any atom is -0.370 e. The first-order chi connectivity index (χ1) is 5.70. The molecule has 0 saturated carbocycles. The summed E-state index contributed by atoms with van der Waals surface area (Å²) in [6.07, 6.45) is 1.39. The number of aromatic nitrogens is 4. The summed E-state index contributed by atoms with van der Waals surface area (Å²) in [6.45, 7) is 0. The van der Waals surface area contributed by atoms with Gasteiger partial charge in [0.2, 0.25) is 10.4 Å². The van der Waals surface area contributed by atoms with Crippen molar-refractivity contribution in [3.05, 3.63) is 16.7 Å². The molecule has 6 nitrogen and oxygen atoms in total. The van der Waals surface area contributed by atoms with Crippen molar-refractivity contribution in [2.24, 2.45) is 0 Å². The van der Waals surface area contributed by atoms with Crippen LogP contribution in [0.2, 0.25) is 0 Å². The van der Waals surface area contributed by atoms with E-state index in [1.807, 2.05) is 0 Å². The van der Waals surface area contributed by atoms with Crippen molar-refractivity contribution < 1.29 is 0 Å². The van der Waals surface area contributed by atoms with Gasteiger partial charge in [0.05, 0.1) is 6.33 Å². The molecule has 2 aromatic heterocycles. The van der Waals surface area contributed by atoms with Gasteiger partial charge in [-0.15, -0.1) is 0 Å². The van der Waals surface area contributed by atoms with Crippen LogP contribution in [0.25, 0.3) is 11.2 Å². The third kappa shape index (κ3) is 0.765. The normalized spacial score (nSPS) is 10.8. The van der Waals surface area contributed by atoms with Crippen LogP contribution < -0.4 is 11.3 Å². The lowest BCUT2D eigenvalue weighted by Gasteiger charge is -1.99. The average molecular weight is 178 g/mol. The molecule has 3 radical (unpaired) electrons. The molecule has 0 aliphatic rings. The lowest BCUT2D eigenvalue weighted by atomic mass is 10.5. The Morgan fingerprint density at radius 1 is 1.67 bits per heavy atom. The number of hydrogen-bond acceptors (Lipinski definition) is 4. The van der Waals surface area contributed by atoms with Crippen molar-refractivity contribution in [2.75, 3.05) is 5.73 Å². The van der Waals surface area contributed by atoms with E-state index in [9.17, 15) is 4.79 Å². The van der Waals surface area contributed by atoms with Gasteiger partial charge in [0, 0.05) is 0 Å². The Balaban J connectivity index is 3.05. The zero-order chi connectivity index (χ0) is 8.72. The van der Waals surface area contributed by atoms with E-state index in [1.54, 1.807) is 0 Å². The first-order valence-corrected chi connectivity index (χ1v) is 3.58. The molecule has 0 amide bonds. The van der Waals surface area contributed by atoms with Gasteiger partial charge in [-0.2, -0.15) is 4.98 Å². The van der Waals surface area contributed by atoms with Crippen molar-refractivity contribution >= 4 is 27.5 Å². The van der Waals surface area contributed by atoms with Gasteiger partial charge < -0.3 is 15.0 Å². The quantitative estimate of drug-likeness (QED) is 0.487. The second-order valence-electron chi connectivity index (χ2n) is 2.21. The number of imidazole rings is 1. The zero-order valence-electron chi connectivity index (χ0n) is 5.90. The van der Waals surface area contributed by atoms with Crippen LogP contribution in [0.15, 0.2) is 11.1 Å². The highest BCUT2D eigenvalue weighted by atomic mass is 28.2. The van der Waals surface area contributed by atoms with Crippen molar-refractivity contribution in [1.29, 1.82) is 0 Å².